The number of amides is 2. The zero-order valence-corrected chi connectivity index (χ0v) is 18.4. The third-order valence-electron chi connectivity index (χ3n) is 5.97. The molecule has 1 atom stereocenters. The monoisotopic (exact) mass is 426 g/mol. The SMILES string of the molecule is COc1cccc(N2CCN(C(=O)CN3Cc4cnnn4[C@@H](CC(C)C)C3=O)CC2)c1. The lowest BCUT2D eigenvalue weighted by molar-refractivity contribution is -0.145. The van der Waals surface area contributed by atoms with Gasteiger partial charge < -0.3 is 19.4 Å². The molecular formula is C22H30N6O3. The predicted molar refractivity (Wildman–Crippen MR) is 116 cm³/mol. The molecule has 1 saturated heterocycles. The van der Waals surface area contributed by atoms with Crippen molar-refractivity contribution in [3.63, 3.8) is 0 Å². The number of carbonyl (C=O) groups excluding carboxylic acids is 2. The average Bonchev–Trinajstić information content (AvgIpc) is 3.24. The van der Waals surface area contributed by atoms with E-state index >= 15 is 0 Å². The van der Waals surface area contributed by atoms with Gasteiger partial charge in [0.25, 0.3) is 0 Å². The molecule has 0 spiro atoms. The molecule has 31 heavy (non-hydrogen) atoms. The number of piperazine rings is 1. The van der Waals surface area contributed by atoms with Crippen LogP contribution in [-0.2, 0) is 16.1 Å². The quantitative estimate of drug-likeness (QED) is 0.697. The number of anilines is 1. The molecule has 4 rings (SSSR count). The average molecular weight is 427 g/mol. The highest BCUT2D eigenvalue weighted by Crippen LogP contribution is 2.27. The van der Waals surface area contributed by atoms with Gasteiger partial charge in [0.05, 0.1) is 25.5 Å². The highest BCUT2D eigenvalue weighted by molar-refractivity contribution is 5.87. The van der Waals surface area contributed by atoms with Crippen molar-refractivity contribution in [1.82, 2.24) is 24.8 Å². The molecule has 9 heteroatoms. The van der Waals surface area contributed by atoms with Gasteiger partial charge in [-0.1, -0.05) is 25.1 Å². The standard InChI is InChI=1S/C22H30N6O3/c1-16(2)11-20-22(30)27(14-18-13-23-24-28(18)20)15-21(29)26-9-7-25(8-10-26)17-5-4-6-19(12-17)31-3/h4-6,12-13,16,20H,7-11,14-15H2,1-3H3/t20-/m0/s1. The Labute approximate surface area is 182 Å². The van der Waals surface area contributed by atoms with Gasteiger partial charge in [-0.05, 0) is 24.5 Å². The van der Waals surface area contributed by atoms with Gasteiger partial charge >= 0.3 is 0 Å². The lowest BCUT2D eigenvalue weighted by Gasteiger charge is -2.38. The van der Waals surface area contributed by atoms with E-state index in [1.807, 2.05) is 23.1 Å². The summed E-state index contributed by atoms with van der Waals surface area (Å²) in [4.78, 5) is 31.8. The number of hydrogen-bond donors (Lipinski definition) is 0. The molecule has 0 aliphatic carbocycles. The van der Waals surface area contributed by atoms with Crippen LogP contribution in [0.15, 0.2) is 30.5 Å². The number of methoxy groups -OCH3 is 1. The maximum atomic E-state index is 13.1. The van der Waals surface area contributed by atoms with Crippen molar-refractivity contribution in [3.8, 4) is 5.75 Å². The third kappa shape index (κ3) is 4.50. The molecule has 0 radical (unpaired) electrons. The molecule has 0 unspecified atom stereocenters. The molecule has 0 saturated carbocycles. The molecule has 2 aliphatic heterocycles. The van der Waals surface area contributed by atoms with E-state index in [1.165, 1.54) is 0 Å². The van der Waals surface area contributed by atoms with Crippen molar-refractivity contribution in [3.05, 3.63) is 36.2 Å². The highest BCUT2D eigenvalue weighted by Gasteiger charge is 2.36. The Balaban J connectivity index is 1.37. The number of fused-ring (bicyclic) bond motifs is 1. The predicted octanol–water partition coefficient (Wildman–Crippen LogP) is 1.56. The minimum absolute atomic E-state index is 0.0112. The molecule has 1 fully saturated rings. The van der Waals surface area contributed by atoms with Crippen LogP contribution in [-0.4, -0.2) is 76.4 Å². The first-order valence-corrected chi connectivity index (χ1v) is 10.8. The van der Waals surface area contributed by atoms with Gasteiger partial charge in [0.15, 0.2) is 0 Å². The first kappa shape index (κ1) is 21.1. The summed E-state index contributed by atoms with van der Waals surface area (Å²) in [5.74, 6) is 1.11. The number of hydrogen-bond acceptors (Lipinski definition) is 6. The van der Waals surface area contributed by atoms with E-state index in [0.717, 1.165) is 30.2 Å². The summed E-state index contributed by atoms with van der Waals surface area (Å²) in [5, 5.41) is 8.08. The van der Waals surface area contributed by atoms with Crippen molar-refractivity contribution in [2.24, 2.45) is 5.92 Å². The summed E-state index contributed by atoms with van der Waals surface area (Å²) in [5.41, 5.74) is 1.97. The van der Waals surface area contributed by atoms with Crippen molar-refractivity contribution in [2.45, 2.75) is 32.9 Å². The number of carbonyl (C=O) groups is 2. The zero-order chi connectivity index (χ0) is 22.0. The first-order chi connectivity index (χ1) is 15.0. The minimum Gasteiger partial charge on any atom is -0.497 e. The second-order valence-electron chi connectivity index (χ2n) is 8.58. The van der Waals surface area contributed by atoms with Crippen LogP contribution in [0.4, 0.5) is 5.69 Å². The van der Waals surface area contributed by atoms with E-state index in [0.29, 0.717) is 32.0 Å². The van der Waals surface area contributed by atoms with Gasteiger partial charge in [0, 0.05) is 37.9 Å². The molecule has 0 bridgehead atoms. The highest BCUT2D eigenvalue weighted by atomic mass is 16.5. The number of aromatic nitrogens is 3. The van der Waals surface area contributed by atoms with E-state index in [9.17, 15) is 9.59 Å². The topological polar surface area (TPSA) is 83.8 Å². The fourth-order valence-corrected chi connectivity index (χ4v) is 4.29. The smallest absolute Gasteiger partial charge is 0.248 e. The summed E-state index contributed by atoms with van der Waals surface area (Å²) in [6, 6.07) is 7.58. The lowest BCUT2D eigenvalue weighted by atomic mass is 10.0. The van der Waals surface area contributed by atoms with Gasteiger partial charge in [-0.15, -0.1) is 5.10 Å². The Kier molecular flexibility index (Phi) is 6.11. The number of nitrogens with zero attached hydrogens (tertiary/aromatic N) is 6. The molecule has 2 aliphatic rings. The van der Waals surface area contributed by atoms with Gasteiger partial charge in [0.2, 0.25) is 11.8 Å². The summed E-state index contributed by atoms with van der Waals surface area (Å²) in [6.07, 6.45) is 2.36. The molecule has 2 amide bonds. The summed E-state index contributed by atoms with van der Waals surface area (Å²) in [7, 11) is 1.66. The maximum absolute atomic E-state index is 13.1. The molecule has 9 nitrogen and oxygen atoms in total. The molecule has 1 aromatic heterocycles. The number of benzene rings is 1. The van der Waals surface area contributed by atoms with Crippen LogP contribution < -0.4 is 9.64 Å². The van der Waals surface area contributed by atoms with Crippen LogP contribution in [0.3, 0.4) is 0 Å². The Morgan fingerprint density at radius 2 is 2.00 bits per heavy atom. The van der Waals surface area contributed by atoms with Crippen molar-refractivity contribution in [1.29, 1.82) is 0 Å². The molecule has 1 aromatic carbocycles. The van der Waals surface area contributed by atoms with Crippen LogP contribution in [0.5, 0.6) is 5.75 Å². The van der Waals surface area contributed by atoms with E-state index in [1.54, 1.807) is 22.9 Å². The van der Waals surface area contributed by atoms with Gasteiger partial charge in [-0.3, -0.25) is 9.59 Å². The summed E-state index contributed by atoms with van der Waals surface area (Å²) in [6.45, 7) is 7.39. The van der Waals surface area contributed by atoms with Gasteiger partial charge in [-0.2, -0.15) is 0 Å². The molecule has 3 heterocycles. The summed E-state index contributed by atoms with van der Waals surface area (Å²) < 4.78 is 7.03. The number of rotatable bonds is 6. The zero-order valence-electron chi connectivity index (χ0n) is 18.4. The Bertz CT molecular complexity index is 935. The molecule has 0 N–H and O–H groups in total. The Morgan fingerprint density at radius 3 is 2.71 bits per heavy atom. The van der Waals surface area contributed by atoms with Crippen LogP contribution in [0.2, 0.25) is 0 Å². The Morgan fingerprint density at radius 1 is 1.23 bits per heavy atom. The fraction of sp³-hybridized carbons (Fsp3) is 0.545. The van der Waals surface area contributed by atoms with Crippen LogP contribution in [0, 0.1) is 5.92 Å². The van der Waals surface area contributed by atoms with E-state index in [-0.39, 0.29) is 24.4 Å². The largest absolute Gasteiger partial charge is 0.497 e. The minimum atomic E-state index is -0.385. The van der Waals surface area contributed by atoms with Crippen LogP contribution >= 0.6 is 0 Å². The van der Waals surface area contributed by atoms with E-state index < -0.39 is 0 Å². The van der Waals surface area contributed by atoms with Gasteiger partial charge in [-0.25, -0.2) is 4.68 Å². The second-order valence-corrected chi connectivity index (χ2v) is 8.58. The molecule has 2 aromatic rings. The number of ether oxygens (including phenoxy) is 1. The van der Waals surface area contributed by atoms with Crippen molar-refractivity contribution in [2.75, 3.05) is 44.7 Å². The van der Waals surface area contributed by atoms with Crippen molar-refractivity contribution < 1.29 is 14.3 Å². The van der Waals surface area contributed by atoms with E-state index in [4.69, 9.17) is 4.74 Å². The Hall–Kier alpha value is -3.10. The first-order valence-electron chi connectivity index (χ1n) is 10.8. The maximum Gasteiger partial charge on any atom is 0.248 e. The lowest BCUT2D eigenvalue weighted by Crippen LogP contribution is -2.53. The van der Waals surface area contributed by atoms with Gasteiger partial charge in [0.1, 0.15) is 18.3 Å². The van der Waals surface area contributed by atoms with Crippen LogP contribution in [0.1, 0.15) is 32.0 Å². The van der Waals surface area contributed by atoms with E-state index in [2.05, 4.69) is 35.1 Å². The summed E-state index contributed by atoms with van der Waals surface area (Å²) >= 11 is 0. The van der Waals surface area contributed by atoms with Crippen molar-refractivity contribution >= 4 is 17.5 Å². The molecular weight excluding hydrogens is 396 g/mol. The normalized spacial score (nSPS) is 19.0. The second kappa shape index (κ2) is 8.95. The fourth-order valence-electron chi connectivity index (χ4n) is 4.29. The molecule has 166 valence electrons. The van der Waals surface area contributed by atoms with Crippen LogP contribution in [0.25, 0.3) is 0 Å². The third-order valence-corrected chi connectivity index (χ3v) is 5.97.